The first-order valence-electron chi connectivity index (χ1n) is 5.98. The van der Waals surface area contributed by atoms with Crippen LogP contribution in [0.5, 0.6) is 0 Å². The molecule has 0 spiro atoms. The van der Waals surface area contributed by atoms with Gasteiger partial charge in [0.05, 0.1) is 0 Å². The molecule has 0 aliphatic heterocycles. The number of halogens is 1. The first-order chi connectivity index (χ1) is 8.19. The predicted octanol–water partition coefficient (Wildman–Crippen LogP) is 4.81. The molecule has 3 nitrogen and oxygen atoms in total. The Bertz CT molecular complexity index is 436. The highest BCUT2D eigenvalue weighted by atomic mass is 35.5. The monoisotopic (exact) mass is 269 g/mol. The molecule has 0 aliphatic rings. The maximum absolute atomic E-state index is 11.7. The van der Waals surface area contributed by atoms with E-state index in [2.05, 4.69) is 19.2 Å². The Morgan fingerprint density at radius 2 is 1.94 bits per heavy atom. The summed E-state index contributed by atoms with van der Waals surface area (Å²) in [4.78, 5) is 11.7. The van der Waals surface area contributed by atoms with E-state index in [0.29, 0.717) is 16.6 Å². The summed E-state index contributed by atoms with van der Waals surface area (Å²) in [6.07, 6.45) is -0.466. The zero-order valence-electron chi connectivity index (χ0n) is 11.5. The largest absolute Gasteiger partial charge is 0.444 e. The highest BCUT2D eigenvalue weighted by molar-refractivity contribution is 6.31. The van der Waals surface area contributed by atoms with E-state index in [1.165, 1.54) is 0 Å². The molecule has 0 bridgehead atoms. The van der Waals surface area contributed by atoms with Crippen LogP contribution in [0.4, 0.5) is 10.5 Å². The number of benzene rings is 1. The highest BCUT2D eigenvalue weighted by Gasteiger charge is 2.17. The lowest BCUT2D eigenvalue weighted by Crippen LogP contribution is -2.27. The van der Waals surface area contributed by atoms with E-state index >= 15 is 0 Å². The number of hydrogen-bond donors (Lipinski definition) is 1. The molecule has 1 N–H and O–H groups in total. The van der Waals surface area contributed by atoms with Gasteiger partial charge in [-0.3, -0.25) is 5.32 Å². The number of carbonyl (C=O) groups excluding carboxylic acids is 1. The second kappa shape index (κ2) is 5.61. The second-order valence-corrected chi connectivity index (χ2v) is 5.95. The van der Waals surface area contributed by atoms with Crippen LogP contribution >= 0.6 is 11.6 Å². The van der Waals surface area contributed by atoms with Crippen molar-refractivity contribution in [1.29, 1.82) is 0 Å². The van der Waals surface area contributed by atoms with Gasteiger partial charge in [-0.2, -0.15) is 0 Å². The molecule has 0 atom stereocenters. The standard InChI is InChI=1S/C14H20ClNO2/c1-9(2)11-7-6-10(15)8-12(11)16-13(17)18-14(3,4)5/h6-9H,1-5H3,(H,16,17). The lowest BCUT2D eigenvalue weighted by Gasteiger charge is -2.21. The fraction of sp³-hybridized carbons (Fsp3) is 0.500. The molecule has 1 amide bonds. The molecule has 1 aromatic rings. The van der Waals surface area contributed by atoms with Crippen LogP contribution in [0.2, 0.25) is 5.02 Å². The molecular formula is C14H20ClNO2. The fourth-order valence-corrected chi connectivity index (χ4v) is 1.73. The zero-order valence-corrected chi connectivity index (χ0v) is 12.3. The molecule has 100 valence electrons. The van der Waals surface area contributed by atoms with Crippen molar-refractivity contribution >= 4 is 23.4 Å². The van der Waals surface area contributed by atoms with Gasteiger partial charge in [0.25, 0.3) is 0 Å². The van der Waals surface area contributed by atoms with Gasteiger partial charge in [-0.1, -0.05) is 31.5 Å². The predicted molar refractivity (Wildman–Crippen MR) is 75.4 cm³/mol. The van der Waals surface area contributed by atoms with Gasteiger partial charge < -0.3 is 4.74 Å². The van der Waals surface area contributed by atoms with E-state index < -0.39 is 11.7 Å². The SMILES string of the molecule is CC(C)c1ccc(Cl)cc1NC(=O)OC(C)(C)C. The fourth-order valence-electron chi connectivity index (χ4n) is 1.55. The van der Waals surface area contributed by atoms with Crippen LogP contribution in [0.15, 0.2) is 18.2 Å². The summed E-state index contributed by atoms with van der Waals surface area (Å²) in [6, 6.07) is 5.47. The maximum Gasteiger partial charge on any atom is 0.412 e. The number of rotatable bonds is 2. The Morgan fingerprint density at radius 1 is 1.33 bits per heavy atom. The Kier molecular flexibility index (Phi) is 4.63. The average Bonchev–Trinajstić information content (AvgIpc) is 2.13. The maximum atomic E-state index is 11.7. The molecule has 0 aromatic heterocycles. The molecule has 0 fully saturated rings. The number of anilines is 1. The Morgan fingerprint density at radius 3 is 2.44 bits per heavy atom. The van der Waals surface area contributed by atoms with Crippen LogP contribution in [0, 0.1) is 0 Å². The summed E-state index contributed by atoms with van der Waals surface area (Å²) in [6.45, 7) is 9.60. The van der Waals surface area contributed by atoms with Crippen LogP contribution in [0.25, 0.3) is 0 Å². The molecule has 0 radical (unpaired) electrons. The summed E-state index contributed by atoms with van der Waals surface area (Å²) in [7, 11) is 0. The second-order valence-electron chi connectivity index (χ2n) is 5.51. The van der Waals surface area contributed by atoms with Gasteiger partial charge in [-0.25, -0.2) is 4.79 Å². The molecule has 0 unspecified atom stereocenters. The number of amides is 1. The first kappa shape index (κ1) is 14.8. The quantitative estimate of drug-likeness (QED) is 0.837. The third-order valence-electron chi connectivity index (χ3n) is 2.27. The smallest absolute Gasteiger partial charge is 0.412 e. The summed E-state index contributed by atoms with van der Waals surface area (Å²) in [5, 5.41) is 3.33. The summed E-state index contributed by atoms with van der Waals surface area (Å²) >= 11 is 5.95. The van der Waals surface area contributed by atoms with Gasteiger partial charge in [0, 0.05) is 10.7 Å². The van der Waals surface area contributed by atoms with Gasteiger partial charge in [-0.05, 0) is 44.4 Å². The molecule has 4 heteroatoms. The van der Waals surface area contributed by atoms with Crippen molar-refractivity contribution in [2.24, 2.45) is 0 Å². The van der Waals surface area contributed by atoms with Crippen LogP contribution < -0.4 is 5.32 Å². The summed E-state index contributed by atoms with van der Waals surface area (Å²) < 4.78 is 5.22. The van der Waals surface area contributed by atoms with Crippen molar-refractivity contribution in [3.8, 4) is 0 Å². The number of nitrogens with one attached hydrogen (secondary N) is 1. The lowest BCUT2D eigenvalue weighted by atomic mass is 10.0. The third kappa shape index (κ3) is 4.57. The van der Waals surface area contributed by atoms with Gasteiger partial charge in [0.1, 0.15) is 5.60 Å². The van der Waals surface area contributed by atoms with Crippen molar-refractivity contribution in [1.82, 2.24) is 0 Å². The zero-order chi connectivity index (χ0) is 13.9. The Labute approximate surface area is 113 Å². The highest BCUT2D eigenvalue weighted by Crippen LogP contribution is 2.27. The molecule has 0 saturated carbocycles. The first-order valence-corrected chi connectivity index (χ1v) is 6.36. The minimum Gasteiger partial charge on any atom is -0.444 e. The molecule has 0 saturated heterocycles. The normalized spacial score (nSPS) is 11.5. The van der Waals surface area contributed by atoms with E-state index in [9.17, 15) is 4.79 Å². The van der Waals surface area contributed by atoms with Gasteiger partial charge in [0.15, 0.2) is 0 Å². The summed E-state index contributed by atoms with van der Waals surface area (Å²) in [5.74, 6) is 0.298. The molecule has 0 heterocycles. The minimum atomic E-state index is -0.513. The molecule has 1 aromatic carbocycles. The van der Waals surface area contributed by atoms with Crippen molar-refractivity contribution in [2.45, 2.75) is 46.1 Å². The Balaban J connectivity index is 2.89. The van der Waals surface area contributed by atoms with Crippen molar-refractivity contribution in [2.75, 3.05) is 5.32 Å². The molecule has 18 heavy (non-hydrogen) atoms. The molecule has 1 rings (SSSR count). The van der Waals surface area contributed by atoms with Crippen LogP contribution in [0.3, 0.4) is 0 Å². The van der Waals surface area contributed by atoms with Gasteiger partial charge in [-0.15, -0.1) is 0 Å². The van der Waals surface area contributed by atoms with E-state index in [1.54, 1.807) is 6.07 Å². The van der Waals surface area contributed by atoms with Crippen molar-refractivity contribution in [3.63, 3.8) is 0 Å². The van der Waals surface area contributed by atoms with Crippen LogP contribution in [-0.4, -0.2) is 11.7 Å². The number of carbonyl (C=O) groups is 1. The average molecular weight is 270 g/mol. The minimum absolute atomic E-state index is 0.298. The topological polar surface area (TPSA) is 38.3 Å². The molecule has 0 aliphatic carbocycles. The molecular weight excluding hydrogens is 250 g/mol. The van der Waals surface area contributed by atoms with E-state index in [1.807, 2.05) is 32.9 Å². The van der Waals surface area contributed by atoms with Crippen LogP contribution in [0.1, 0.15) is 46.1 Å². The van der Waals surface area contributed by atoms with Crippen molar-refractivity contribution in [3.05, 3.63) is 28.8 Å². The van der Waals surface area contributed by atoms with Crippen LogP contribution in [-0.2, 0) is 4.74 Å². The van der Waals surface area contributed by atoms with E-state index in [4.69, 9.17) is 16.3 Å². The Hall–Kier alpha value is -1.22. The number of hydrogen-bond acceptors (Lipinski definition) is 2. The van der Waals surface area contributed by atoms with E-state index in [-0.39, 0.29) is 0 Å². The lowest BCUT2D eigenvalue weighted by molar-refractivity contribution is 0.0636. The van der Waals surface area contributed by atoms with Gasteiger partial charge >= 0.3 is 6.09 Å². The van der Waals surface area contributed by atoms with Gasteiger partial charge in [0.2, 0.25) is 0 Å². The third-order valence-corrected chi connectivity index (χ3v) is 2.51. The van der Waals surface area contributed by atoms with E-state index in [0.717, 1.165) is 5.56 Å². The van der Waals surface area contributed by atoms with Crippen molar-refractivity contribution < 1.29 is 9.53 Å². The summed E-state index contributed by atoms with van der Waals surface area (Å²) in [5.41, 5.74) is 1.22. The number of ether oxygens (including phenoxy) is 1.